The Labute approximate surface area is 129 Å². The lowest BCUT2D eigenvalue weighted by atomic mass is 10.2. The molecule has 0 heterocycles. The fraction of sp³-hybridized carbons (Fsp3) is 0.600. The third-order valence-electron chi connectivity index (χ3n) is 2.70. The summed E-state index contributed by atoms with van der Waals surface area (Å²) in [7, 11) is 0. The Morgan fingerprint density at radius 3 is 2.70 bits per heavy atom. The fourth-order valence-corrected chi connectivity index (χ4v) is 1.94. The summed E-state index contributed by atoms with van der Waals surface area (Å²) in [5.41, 5.74) is 2.16. The molecule has 0 aliphatic heterocycles. The van der Waals surface area contributed by atoms with Crippen LogP contribution in [0, 0.1) is 6.92 Å². The largest absolute Gasteiger partial charge is 0.389 e. The molecule has 0 bridgehead atoms. The van der Waals surface area contributed by atoms with Crippen LogP contribution in [0.4, 0.5) is 5.69 Å². The highest BCUT2D eigenvalue weighted by molar-refractivity contribution is 9.10. The molecule has 5 heteroatoms. The number of halogens is 1. The van der Waals surface area contributed by atoms with Crippen LogP contribution in [0.25, 0.3) is 0 Å². The molecule has 1 rings (SSSR count). The third-order valence-corrected chi connectivity index (χ3v) is 3.56. The Morgan fingerprint density at radius 1 is 1.30 bits per heavy atom. The second kappa shape index (κ2) is 9.34. The molecule has 0 aromatic heterocycles. The molecule has 20 heavy (non-hydrogen) atoms. The van der Waals surface area contributed by atoms with Gasteiger partial charge >= 0.3 is 0 Å². The molecule has 1 atom stereocenters. The van der Waals surface area contributed by atoms with Gasteiger partial charge in [-0.05, 0) is 38.5 Å². The van der Waals surface area contributed by atoms with Crippen molar-refractivity contribution in [2.45, 2.75) is 33.0 Å². The van der Waals surface area contributed by atoms with Crippen molar-refractivity contribution in [3.05, 3.63) is 28.2 Å². The molecule has 0 spiro atoms. The summed E-state index contributed by atoms with van der Waals surface area (Å²) in [6.45, 7) is 7.84. The van der Waals surface area contributed by atoms with Crippen molar-refractivity contribution >= 4 is 21.6 Å². The molecule has 2 N–H and O–H groups in total. The van der Waals surface area contributed by atoms with Crippen molar-refractivity contribution in [3.63, 3.8) is 0 Å². The van der Waals surface area contributed by atoms with Crippen LogP contribution in [-0.2, 0) is 9.47 Å². The first-order valence-corrected chi connectivity index (χ1v) is 7.65. The average molecular weight is 346 g/mol. The van der Waals surface area contributed by atoms with Crippen molar-refractivity contribution in [1.29, 1.82) is 0 Å². The summed E-state index contributed by atoms with van der Waals surface area (Å²) in [5.74, 6) is 0. The Bertz CT molecular complexity index is 399. The van der Waals surface area contributed by atoms with Gasteiger partial charge in [0.1, 0.15) is 0 Å². The zero-order chi connectivity index (χ0) is 15.0. The van der Waals surface area contributed by atoms with Gasteiger partial charge in [0.15, 0.2) is 0 Å². The standard InChI is InChI=1S/C15H24BrNO3/c1-11(2)20-7-6-19-10-14(18)9-17-13-5-4-12(3)15(16)8-13/h4-5,8,11,14,17-18H,6-7,9-10H2,1-3H3. The molecule has 0 amide bonds. The number of rotatable bonds is 9. The van der Waals surface area contributed by atoms with Gasteiger partial charge in [-0.25, -0.2) is 0 Å². The van der Waals surface area contributed by atoms with Gasteiger partial charge in [0.25, 0.3) is 0 Å². The molecule has 0 aliphatic carbocycles. The number of aliphatic hydroxyl groups is 1. The van der Waals surface area contributed by atoms with Gasteiger partial charge in [0.2, 0.25) is 0 Å². The van der Waals surface area contributed by atoms with E-state index in [2.05, 4.69) is 21.2 Å². The summed E-state index contributed by atoms with van der Waals surface area (Å²) in [6, 6.07) is 6.02. The molecule has 0 saturated carbocycles. The molecule has 1 unspecified atom stereocenters. The van der Waals surface area contributed by atoms with Crippen LogP contribution >= 0.6 is 15.9 Å². The molecule has 1 aromatic carbocycles. The minimum atomic E-state index is -0.533. The number of benzene rings is 1. The molecular weight excluding hydrogens is 322 g/mol. The lowest BCUT2D eigenvalue weighted by Gasteiger charge is -2.14. The number of aryl methyl sites for hydroxylation is 1. The van der Waals surface area contributed by atoms with Crippen molar-refractivity contribution in [1.82, 2.24) is 0 Å². The van der Waals surface area contributed by atoms with E-state index in [0.717, 1.165) is 10.2 Å². The molecule has 1 aromatic rings. The SMILES string of the molecule is Cc1ccc(NCC(O)COCCOC(C)C)cc1Br. The van der Waals surface area contributed by atoms with Crippen LogP contribution in [0.1, 0.15) is 19.4 Å². The maximum absolute atomic E-state index is 9.80. The third kappa shape index (κ3) is 7.24. The predicted molar refractivity (Wildman–Crippen MR) is 85.3 cm³/mol. The molecular formula is C15H24BrNO3. The quantitative estimate of drug-likeness (QED) is 0.675. The second-order valence-corrected chi connectivity index (χ2v) is 5.85. The molecule has 0 saturated heterocycles. The Balaban J connectivity index is 2.16. The minimum Gasteiger partial charge on any atom is -0.389 e. The van der Waals surface area contributed by atoms with Crippen molar-refractivity contribution in [2.24, 2.45) is 0 Å². The summed E-state index contributed by atoms with van der Waals surface area (Å²) in [6.07, 6.45) is -0.320. The molecule has 114 valence electrons. The number of nitrogens with one attached hydrogen (secondary N) is 1. The topological polar surface area (TPSA) is 50.7 Å². The van der Waals surface area contributed by atoms with Crippen molar-refractivity contribution in [3.8, 4) is 0 Å². The Hall–Kier alpha value is -0.620. The number of hydrogen-bond donors (Lipinski definition) is 2. The first-order valence-electron chi connectivity index (χ1n) is 6.86. The van der Waals surface area contributed by atoms with E-state index in [1.54, 1.807) is 0 Å². The van der Waals surface area contributed by atoms with E-state index in [1.165, 1.54) is 5.56 Å². The van der Waals surface area contributed by atoms with Crippen LogP contribution in [-0.4, -0.2) is 43.7 Å². The molecule has 0 radical (unpaired) electrons. The van der Waals surface area contributed by atoms with Crippen LogP contribution in [0.15, 0.2) is 22.7 Å². The van der Waals surface area contributed by atoms with Crippen LogP contribution < -0.4 is 5.32 Å². The Morgan fingerprint density at radius 2 is 2.05 bits per heavy atom. The summed E-state index contributed by atoms with van der Waals surface area (Å²) in [5, 5.41) is 13.0. The highest BCUT2D eigenvalue weighted by atomic mass is 79.9. The van der Waals surface area contributed by atoms with Crippen LogP contribution in [0.2, 0.25) is 0 Å². The lowest BCUT2D eigenvalue weighted by molar-refractivity contribution is -0.00734. The number of ether oxygens (including phenoxy) is 2. The van der Waals surface area contributed by atoms with Gasteiger partial charge in [0, 0.05) is 16.7 Å². The van der Waals surface area contributed by atoms with E-state index in [0.29, 0.717) is 26.4 Å². The second-order valence-electron chi connectivity index (χ2n) is 4.99. The summed E-state index contributed by atoms with van der Waals surface area (Å²) in [4.78, 5) is 0. The van der Waals surface area contributed by atoms with Gasteiger partial charge < -0.3 is 19.9 Å². The first-order chi connectivity index (χ1) is 9.49. The lowest BCUT2D eigenvalue weighted by Crippen LogP contribution is -2.25. The monoisotopic (exact) mass is 345 g/mol. The number of hydrogen-bond acceptors (Lipinski definition) is 4. The van der Waals surface area contributed by atoms with E-state index in [1.807, 2.05) is 39.0 Å². The molecule has 0 fully saturated rings. The van der Waals surface area contributed by atoms with Gasteiger partial charge in [0.05, 0.1) is 32.0 Å². The summed E-state index contributed by atoms with van der Waals surface area (Å²) < 4.78 is 11.8. The highest BCUT2D eigenvalue weighted by Crippen LogP contribution is 2.20. The normalized spacial score (nSPS) is 12.7. The number of anilines is 1. The van der Waals surface area contributed by atoms with E-state index in [4.69, 9.17) is 9.47 Å². The van der Waals surface area contributed by atoms with E-state index in [9.17, 15) is 5.11 Å². The summed E-state index contributed by atoms with van der Waals surface area (Å²) >= 11 is 3.48. The zero-order valence-corrected chi connectivity index (χ0v) is 13.9. The van der Waals surface area contributed by atoms with Gasteiger partial charge in [-0.2, -0.15) is 0 Å². The predicted octanol–water partition coefficient (Wildman–Crippen LogP) is 2.97. The minimum absolute atomic E-state index is 0.213. The maximum Gasteiger partial charge on any atom is 0.0945 e. The van der Waals surface area contributed by atoms with Crippen LogP contribution in [0.5, 0.6) is 0 Å². The van der Waals surface area contributed by atoms with Gasteiger partial charge in [-0.15, -0.1) is 0 Å². The maximum atomic E-state index is 9.80. The number of aliphatic hydroxyl groups excluding tert-OH is 1. The van der Waals surface area contributed by atoms with Gasteiger partial charge in [-0.3, -0.25) is 0 Å². The average Bonchev–Trinajstić information content (AvgIpc) is 2.39. The van der Waals surface area contributed by atoms with Crippen LogP contribution in [0.3, 0.4) is 0 Å². The van der Waals surface area contributed by atoms with Gasteiger partial charge in [-0.1, -0.05) is 22.0 Å². The van der Waals surface area contributed by atoms with Crippen molar-refractivity contribution < 1.29 is 14.6 Å². The Kier molecular flexibility index (Phi) is 8.14. The first kappa shape index (κ1) is 17.4. The van der Waals surface area contributed by atoms with E-state index in [-0.39, 0.29) is 6.10 Å². The highest BCUT2D eigenvalue weighted by Gasteiger charge is 2.05. The van der Waals surface area contributed by atoms with E-state index < -0.39 is 6.10 Å². The molecule has 4 nitrogen and oxygen atoms in total. The fourth-order valence-electron chi connectivity index (χ4n) is 1.56. The van der Waals surface area contributed by atoms with Crippen molar-refractivity contribution in [2.75, 3.05) is 31.7 Å². The smallest absolute Gasteiger partial charge is 0.0945 e. The zero-order valence-electron chi connectivity index (χ0n) is 12.4. The van der Waals surface area contributed by atoms with E-state index >= 15 is 0 Å². The molecule has 0 aliphatic rings.